The molecule has 0 bridgehead atoms. The highest BCUT2D eigenvalue weighted by molar-refractivity contribution is 5.77. The summed E-state index contributed by atoms with van der Waals surface area (Å²) in [5.41, 5.74) is 0. The maximum Gasteiger partial charge on any atom is 0.460 e. The fourth-order valence-electron chi connectivity index (χ4n) is 4.76. The first-order valence-electron chi connectivity index (χ1n) is 16.0. The predicted molar refractivity (Wildman–Crippen MR) is 150 cm³/mol. The average Bonchev–Trinajstić information content (AvgIpc) is 3.00. The van der Waals surface area contributed by atoms with Crippen LogP contribution in [0.5, 0.6) is 0 Å². The smallest absolute Gasteiger partial charge is 0.351 e. The van der Waals surface area contributed by atoms with Crippen molar-refractivity contribution in [2.45, 2.75) is 97.3 Å². The quantitative estimate of drug-likeness (QED) is 0.0615. The highest BCUT2D eigenvalue weighted by atomic mass is 19.4. The topological polar surface area (TPSA) is 58.2 Å². The molecular formula is C28H34F26N4O2+2. The zero-order valence-corrected chi connectivity index (χ0v) is 30.6. The monoisotopic (exact) mass is 952 g/mol. The summed E-state index contributed by atoms with van der Waals surface area (Å²) in [6, 6.07) is 0. The molecule has 0 atom stereocenters. The Morgan fingerprint density at radius 1 is 0.367 bits per heavy atom. The number of unbranched alkanes of at least 4 members (excludes halogenated alkanes) is 1. The number of halogens is 26. The molecule has 0 aliphatic rings. The fraction of sp³-hybridized carbons (Fsp3) is 0.929. The normalized spacial score (nSPS) is 15.6. The Kier molecular flexibility index (Phi) is 16.5. The molecule has 0 aromatic rings. The average molecular weight is 953 g/mol. The van der Waals surface area contributed by atoms with Gasteiger partial charge in [-0.2, -0.15) is 114 Å². The van der Waals surface area contributed by atoms with Gasteiger partial charge in [0.15, 0.2) is 13.1 Å². The van der Waals surface area contributed by atoms with E-state index in [0.717, 1.165) is 0 Å². The van der Waals surface area contributed by atoms with E-state index in [0.29, 0.717) is 0 Å². The third kappa shape index (κ3) is 11.2. The highest BCUT2D eigenvalue weighted by Gasteiger charge is 2.92. The van der Waals surface area contributed by atoms with Crippen molar-refractivity contribution < 1.29 is 133 Å². The molecule has 0 radical (unpaired) electrons. The van der Waals surface area contributed by atoms with Crippen LogP contribution in [0.4, 0.5) is 114 Å². The Bertz CT molecular complexity index is 1360. The number of nitrogens with zero attached hydrogens (tertiary/aromatic N) is 2. The minimum absolute atomic E-state index is 0.0628. The highest BCUT2D eigenvalue weighted by Crippen LogP contribution is 2.62. The molecule has 0 aliphatic heterocycles. The minimum Gasteiger partial charge on any atom is -0.351 e. The van der Waals surface area contributed by atoms with E-state index in [1.807, 2.05) is 0 Å². The van der Waals surface area contributed by atoms with Gasteiger partial charge in [-0.1, -0.05) is 0 Å². The Hall–Kier alpha value is -2.96. The van der Waals surface area contributed by atoms with Gasteiger partial charge in [0.25, 0.3) is 11.8 Å². The van der Waals surface area contributed by atoms with E-state index in [1.165, 1.54) is 38.8 Å². The number of carbonyl (C=O) groups is 2. The Morgan fingerprint density at radius 3 is 0.800 bits per heavy atom. The number of quaternary nitrogens is 2. The molecule has 0 aromatic carbocycles. The third-order valence-electron chi connectivity index (χ3n) is 8.44. The number of amides is 2. The van der Waals surface area contributed by atoms with E-state index in [-0.39, 0.29) is 25.9 Å². The van der Waals surface area contributed by atoms with Gasteiger partial charge in [-0.15, -0.1) is 0 Å². The van der Waals surface area contributed by atoms with Crippen molar-refractivity contribution in [3.05, 3.63) is 0 Å². The Labute approximate surface area is 320 Å². The SMILES string of the molecule is C[N+](C)(CCCC[N+](C)(C)CC(=O)NCCC(F)(F)C(F)(F)C(F)(F)C(F)(F)C(F)(F)C(F)(F)F)CC(=O)NCCC(F)(F)C(F)(F)C(F)(F)C(F)(F)C(F)(F)C(F)(F)F. The van der Waals surface area contributed by atoms with Crippen LogP contribution >= 0.6 is 0 Å². The molecule has 0 fully saturated rings. The second-order valence-corrected chi connectivity index (χ2v) is 14.5. The molecule has 0 saturated carbocycles. The second kappa shape index (κ2) is 17.3. The van der Waals surface area contributed by atoms with E-state index >= 15 is 0 Å². The molecular weight excluding hydrogens is 918 g/mol. The molecule has 0 aromatic heterocycles. The number of alkyl halides is 26. The largest absolute Gasteiger partial charge is 0.460 e. The van der Waals surface area contributed by atoms with Crippen LogP contribution in [-0.2, 0) is 9.59 Å². The van der Waals surface area contributed by atoms with Gasteiger partial charge in [-0.05, 0) is 0 Å². The maximum absolute atomic E-state index is 13.9. The summed E-state index contributed by atoms with van der Waals surface area (Å²) in [6.07, 6.45) is -20.4. The van der Waals surface area contributed by atoms with Gasteiger partial charge in [0.05, 0.1) is 41.3 Å². The molecule has 0 aliphatic carbocycles. The van der Waals surface area contributed by atoms with Crippen LogP contribution in [0.1, 0.15) is 25.7 Å². The van der Waals surface area contributed by atoms with E-state index in [4.69, 9.17) is 0 Å². The number of hydrogen-bond donors (Lipinski definition) is 2. The standard InChI is InChI=1S/C28H32F26N4O2/c1-57(2,13-15(59)55-9-7-17(29,30)19(33,34)21(37,38)23(41,42)25(45,46)27(49,50)51)11-5-6-12-58(3,4)14-16(60)56-10-8-18(31,32)20(35,36)22(39,40)24(43,44)26(47,48)28(52,53)54/h5-14H2,1-4H3/p+2. The first-order chi connectivity index (χ1) is 25.9. The molecule has 60 heavy (non-hydrogen) atoms. The zero-order chi connectivity index (χ0) is 48.6. The van der Waals surface area contributed by atoms with Gasteiger partial charge in [0, 0.05) is 38.8 Å². The maximum atomic E-state index is 13.9. The molecule has 6 nitrogen and oxygen atoms in total. The van der Waals surface area contributed by atoms with Crippen LogP contribution in [0.2, 0.25) is 0 Å². The predicted octanol–water partition coefficient (Wildman–Crippen LogP) is 8.41. The van der Waals surface area contributed by atoms with Gasteiger partial charge in [-0.25, -0.2) is 0 Å². The number of hydrogen-bond acceptors (Lipinski definition) is 2. The molecule has 0 spiro atoms. The van der Waals surface area contributed by atoms with Crippen molar-refractivity contribution in [1.82, 2.24) is 10.6 Å². The first-order valence-corrected chi connectivity index (χ1v) is 16.0. The van der Waals surface area contributed by atoms with Gasteiger partial charge < -0.3 is 19.6 Å². The first kappa shape index (κ1) is 57.0. The minimum atomic E-state index is -8.10. The van der Waals surface area contributed by atoms with E-state index in [9.17, 15) is 124 Å². The number of rotatable bonds is 23. The zero-order valence-electron chi connectivity index (χ0n) is 30.6. The summed E-state index contributed by atoms with van der Waals surface area (Å²) in [6.45, 7) is -5.10. The Morgan fingerprint density at radius 2 is 0.583 bits per heavy atom. The summed E-state index contributed by atoms with van der Waals surface area (Å²) in [4.78, 5) is 24.3. The summed E-state index contributed by atoms with van der Waals surface area (Å²) >= 11 is 0. The third-order valence-corrected chi connectivity index (χ3v) is 8.44. The molecule has 0 heterocycles. The van der Waals surface area contributed by atoms with E-state index in [1.54, 1.807) is 0 Å². The van der Waals surface area contributed by atoms with E-state index in [2.05, 4.69) is 0 Å². The van der Waals surface area contributed by atoms with Crippen LogP contribution in [-0.4, -0.2) is 160 Å². The van der Waals surface area contributed by atoms with Crippen molar-refractivity contribution in [2.24, 2.45) is 0 Å². The lowest BCUT2D eigenvalue weighted by molar-refractivity contribution is -0.889. The fourth-order valence-corrected chi connectivity index (χ4v) is 4.76. The summed E-state index contributed by atoms with van der Waals surface area (Å²) in [7, 11) is 5.05. The van der Waals surface area contributed by atoms with Gasteiger partial charge in [0.2, 0.25) is 0 Å². The molecule has 358 valence electrons. The lowest BCUT2D eigenvalue weighted by atomic mass is 9.92. The molecule has 2 amide bonds. The van der Waals surface area contributed by atoms with Crippen LogP contribution in [0.25, 0.3) is 0 Å². The van der Waals surface area contributed by atoms with E-state index < -0.39 is 131 Å². The van der Waals surface area contributed by atoms with Crippen LogP contribution in [0, 0.1) is 0 Å². The van der Waals surface area contributed by atoms with Crippen LogP contribution in [0.15, 0.2) is 0 Å². The second-order valence-electron chi connectivity index (χ2n) is 14.5. The Balaban J connectivity index is 5.21. The summed E-state index contributed by atoms with van der Waals surface area (Å²) < 4.78 is 343. The van der Waals surface area contributed by atoms with Crippen molar-refractivity contribution in [1.29, 1.82) is 0 Å². The molecule has 0 saturated heterocycles. The van der Waals surface area contributed by atoms with Crippen molar-refractivity contribution in [3.63, 3.8) is 0 Å². The molecule has 0 unspecified atom stereocenters. The molecule has 0 rings (SSSR count). The lowest BCUT2D eigenvalue weighted by Gasteiger charge is -2.39. The van der Waals surface area contributed by atoms with Crippen molar-refractivity contribution >= 4 is 11.8 Å². The van der Waals surface area contributed by atoms with Crippen molar-refractivity contribution in [2.75, 3.05) is 67.5 Å². The number of likely N-dealkylation sites (N-methyl/N-ethyl adjacent to an activating group) is 2. The van der Waals surface area contributed by atoms with Gasteiger partial charge in [-0.3, -0.25) is 9.59 Å². The van der Waals surface area contributed by atoms with Crippen LogP contribution < -0.4 is 10.6 Å². The van der Waals surface area contributed by atoms with Crippen molar-refractivity contribution in [3.8, 4) is 0 Å². The molecule has 32 heteroatoms. The number of carbonyl (C=O) groups excluding carboxylic acids is 2. The summed E-state index contributed by atoms with van der Waals surface area (Å²) in [5.74, 6) is -78.6. The lowest BCUT2D eigenvalue weighted by Crippen LogP contribution is -2.70. The number of nitrogens with one attached hydrogen (secondary N) is 2. The molecule has 2 N–H and O–H groups in total. The van der Waals surface area contributed by atoms with Gasteiger partial charge >= 0.3 is 71.6 Å². The summed E-state index contributed by atoms with van der Waals surface area (Å²) in [5, 5.41) is 3.00. The van der Waals surface area contributed by atoms with Crippen LogP contribution in [0.3, 0.4) is 0 Å². The van der Waals surface area contributed by atoms with Gasteiger partial charge in [0.1, 0.15) is 0 Å².